The van der Waals surface area contributed by atoms with Crippen molar-refractivity contribution >= 4 is 11.6 Å². The molecule has 0 unspecified atom stereocenters. The number of pyridine rings is 2. The van der Waals surface area contributed by atoms with Crippen LogP contribution >= 0.6 is 0 Å². The number of carbonyl (C=O) groups is 1. The number of fused-ring (bicyclic) bond motifs is 1. The Labute approximate surface area is 178 Å². The number of alkyl halides is 2. The van der Waals surface area contributed by atoms with Crippen molar-refractivity contribution in [1.29, 1.82) is 0 Å². The predicted octanol–water partition coefficient (Wildman–Crippen LogP) is 3.86. The van der Waals surface area contributed by atoms with Crippen LogP contribution in [0.2, 0.25) is 0 Å². The molecule has 4 rings (SSSR count). The third-order valence-corrected chi connectivity index (χ3v) is 5.51. The van der Waals surface area contributed by atoms with Crippen molar-refractivity contribution in [2.45, 2.75) is 52.3 Å². The summed E-state index contributed by atoms with van der Waals surface area (Å²) in [4.78, 5) is 23.8. The molecule has 0 fully saturated rings. The van der Waals surface area contributed by atoms with Gasteiger partial charge >= 0.3 is 0 Å². The lowest BCUT2D eigenvalue weighted by molar-refractivity contribution is 0.0981. The Balaban J connectivity index is 1.78. The van der Waals surface area contributed by atoms with Crippen molar-refractivity contribution in [3.8, 4) is 11.3 Å². The lowest BCUT2D eigenvalue weighted by Gasteiger charge is -2.30. The van der Waals surface area contributed by atoms with E-state index in [2.05, 4.69) is 10.1 Å². The second kappa shape index (κ2) is 7.49. The molecular formula is C22H23F2N5O2. The average Bonchev–Trinajstić information content (AvgIpc) is 3.21. The van der Waals surface area contributed by atoms with Crippen molar-refractivity contribution < 1.29 is 18.7 Å². The van der Waals surface area contributed by atoms with E-state index in [0.29, 0.717) is 28.2 Å². The Hall–Kier alpha value is -3.20. The summed E-state index contributed by atoms with van der Waals surface area (Å²) in [5.74, 6) is -0.246. The first-order valence-electron chi connectivity index (χ1n) is 9.90. The highest BCUT2D eigenvalue weighted by Gasteiger charge is 2.47. The number of aromatic nitrogens is 4. The van der Waals surface area contributed by atoms with E-state index >= 15 is 0 Å². The second-order valence-electron chi connectivity index (χ2n) is 8.24. The van der Waals surface area contributed by atoms with Gasteiger partial charge in [-0.3, -0.25) is 19.4 Å². The van der Waals surface area contributed by atoms with Gasteiger partial charge in [-0.25, -0.2) is 13.8 Å². The number of carbonyl (C=O) groups excluding carboxylic acids is 1. The monoisotopic (exact) mass is 427 g/mol. The molecule has 0 bridgehead atoms. The minimum Gasteiger partial charge on any atom is -0.389 e. The fraction of sp³-hybridized carbons (Fsp3) is 0.364. The summed E-state index contributed by atoms with van der Waals surface area (Å²) in [6, 6.07) is 3.64. The summed E-state index contributed by atoms with van der Waals surface area (Å²) in [5, 5.41) is 13.8. The second-order valence-corrected chi connectivity index (χ2v) is 8.24. The maximum atomic E-state index is 13.3. The molecule has 0 saturated heterocycles. The lowest BCUT2D eigenvalue weighted by atomic mass is 9.96. The molecule has 1 aliphatic heterocycles. The molecule has 1 N–H and O–H groups in total. The zero-order chi connectivity index (χ0) is 22.5. The van der Waals surface area contributed by atoms with Crippen LogP contribution in [0.15, 0.2) is 36.9 Å². The third-order valence-electron chi connectivity index (χ3n) is 5.51. The van der Waals surface area contributed by atoms with Crippen molar-refractivity contribution in [2.75, 3.05) is 4.90 Å². The number of halogens is 2. The standard InChI is InChI=1S/C22H23F2N5O2/c1-12-5-17(15-6-14(13(2)30)7-25-8-15)27-20-19(12)21(31)29(22(20,3)4)16-9-26-28(10-16)11-18(23)24/h5-10,13,18,30H,11H2,1-4H3/t13-/m0/s1. The van der Waals surface area contributed by atoms with Crippen LogP contribution in [0.5, 0.6) is 0 Å². The van der Waals surface area contributed by atoms with E-state index in [-0.39, 0.29) is 5.91 Å². The Morgan fingerprint density at radius 1 is 1.19 bits per heavy atom. The van der Waals surface area contributed by atoms with Gasteiger partial charge in [0.25, 0.3) is 12.3 Å². The number of amides is 1. The van der Waals surface area contributed by atoms with E-state index in [1.165, 1.54) is 12.4 Å². The van der Waals surface area contributed by atoms with Crippen LogP contribution in [0.4, 0.5) is 14.5 Å². The molecule has 1 aliphatic rings. The third kappa shape index (κ3) is 3.59. The topological polar surface area (TPSA) is 84.1 Å². The van der Waals surface area contributed by atoms with Gasteiger partial charge in [-0.1, -0.05) is 0 Å². The van der Waals surface area contributed by atoms with Gasteiger partial charge in [-0.15, -0.1) is 0 Å². The Bertz CT molecular complexity index is 1160. The molecular weight excluding hydrogens is 404 g/mol. The molecule has 0 spiro atoms. The molecule has 0 aromatic carbocycles. The largest absolute Gasteiger partial charge is 0.389 e. The summed E-state index contributed by atoms with van der Waals surface area (Å²) in [6.07, 6.45) is 2.92. The first-order valence-corrected chi connectivity index (χ1v) is 9.90. The average molecular weight is 427 g/mol. The summed E-state index contributed by atoms with van der Waals surface area (Å²) < 4.78 is 26.6. The number of aliphatic hydroxyl groups excluding tert-OH is 1. The van der Waals surface area contributed by atoms with Crippen LogP contribution in [-0.2, 0) is 12.1 Å². The lowest BCUT2D eigenvalue weighted by Crippen LogP contribution is -2.39. The minimum atomic E-state index is -2.54. The van der Waals surface area contributed by atoms with Gasteiger partial charge in [0.15, 0.2) is 0 Å². The molecule has 3 aromatic rings. The summed E-state index contributed by atoms with van der Waals surface area (Å²) in [7, 11) is 0. The fourth-order valence-electron chi connectivity index (χ4n) is 3.98. The van der Waals surface area contributed by atoms with Gasteiger partial charge in [0.1, 0.15) is 6.54 Å². The number of aryl methyl sites for hydroxylation is 1. The van der Waals surface area contributed by atoms with Crippen LogP contribution in [0.1, 0.15) is 54.1 Å². The van der Waals surface area contributed by atoms with Crippen LogP contribution in [0.3, 0.4) is 0 Å². The van der Waals surface area contributed by atoms with Gasteiger partial charge in [-0.05, 0) is 51.0 Å². The number of rotatable bonds is 5. The molecule has 162 valence electrons. The number of hydrogen-bond acceptors (Lipinski definition) is 5. The Morgan fingerprint density at radius 2 is 1.94 bits per heavy atom. The van der Waals surface area contributed by atoms with Crippen molar-refractivity contribution in [3.63, 3.8) is 0 Å². The summed E-state index contributed by atoms with van der Waals surface area (Å²) >= 11 is 0. The number of aliphatic hydroxyl groups is 1. The Morgan fingerprint density at radius 3 is 2.61 bits per heavy atom. The van der Waals surface area contributed by atoms with Gasteiger partial charge in [-0.2, -0.15) is 5.10 Å². The minimum absolute atomic E-state index is 0.246. The maximum absolute atomic E-state index is 13.3. The highest BCUT2D eigenvalue weighted by molar-refractivity contribution is 6.12. The summed E-state index contributed by atoms with van der Waals surface area (Å²) in [5.41, 5.74) is 3.50. The van der Waals surface area contributed by atoms with Crippen molar-refractivity contribution in [2.24, 2.45) is 0 Å². The van der Waals surface area contributed by atoms with Crippen molar-refractivity contribution in [1.82, 2.24) is 19.7 Å². The molecule has 0 saturated carbocycles. The van der Waals surface area contributed by atoms with Gasteiger partial charge in [0, 0.05) is 24.2 Å². The number of anilines is 1. The zero-order valence-electron chi connectivity index (χ0n) is 17.7. The van der Waals surface area contributed by atoms with Gasteiger partial charge in [0.2, 0.25) is 0 Å². The first-order chi connectivity index (χ1) is 14.6. The SMILES string of the molecule is Cc1cc(-c2cncc([C@H](C)O)c2)nc2c1C(=O)N(c1cnn(CC(F)F)c1)C2(C)C. The molecule has 0 aliphatic carbocycles. The highest BCUT2D eigenvalue weighted by atomic mass is 19.3. The van der Waals surface area contributed by atoms with Gasteiger partial charge < -0.3 is 5.11 Å². The van der Waals surface area contributed by atoms with E-state index in [1.807, 2.05) is 32.9 Å². The summed E-state index contributed by atoms with van der Waals surface area (Å²) in [6.45, 7) is 6.69. The fourth-order valence-corrected chi connectivity index (χ4v) is 3.98. The predicted molar refractivity (Wildman–Crippen MR) is 111 cm³/mol. The zero-order valence-corrected chi connectivity index (χ0v) is 17.7. The first kappa shape index (κ1) is 21.0. The van der Waals surface area contributed by atoms with Crippen LogP contribution in [0, 0.1) is 6.92 Å². The van der Waals surface area contributed by atoms with Crippen LogP contribution < -0.4 is 4.90 Å². The molecule has 1 atom stereocenters. The molecule has 3 aromatic heterocycles. The highest BCUT2D eigenvalue weighted by Crippen LogP contribution is 2.43. The molecule has 1 amide bonds. The molecule has 4 heterocycles. The molecule has 31 heavy (non-hydrogen) atoms. The van der Waals surface area contributed by atoms with E-state index < -0.39 is 24.6 Å². The molecule has 0 radical (unpaired) electrons. The normalized spacial score (nSPS) is 16.1. The Kier molecular flexibility index (Phi) is 5.09. The number of nitrogens with zero attached hydrogens (tertiary/aromatic N) is 5. The van der Waals surface area contributed by atoms with Crippen LogP contribution in [0.25, 0.3) is 11.3 Å². The van der Waals surface area contributed by atoms with E-state index in [4.69, 9.17) is 4.98 Å². The maximum Gasteiger partial charge on any atom is 0.261 e. The van der Waals surface area contributed by atoms with E-state index in [1.54, 1.807) is 24.2 Å². The molecule has 7 nitrogen and oxygen atoms in total. The van der Waals surface area contributed by atoms with E-state index in [0.717, 1.165) is 15.8 Å². The quantitative estimate of drug-likeness (QED) is 0.668. The van der Waals surface area contributed by atoms with E-state index in [9.17, 15) is 18.7 Å². The van der Waals surface area contributed by atoms with Gasteiger partial charge in [0.05, 0.1) is 40.5 Å². The van der Waals surface area contributed by atoms with Crippen LogP contribution in [-0.4, -0.2) is 37.2 Å². The molecule has 9 heteroatoms. The number of hydrogen-bond donors (Lipinski definition) is 1. The van der Waals surface area contributed by atoms with Crippen molar-refractivity contribution in [3.05, 3.63) is 59.3 Å². The smallest absolute Gasteiger partial charge is 0.261 e.